The van der Waals surface area contributed by atoms with E-state index >= 15 is 0 Å². The molecular formula is C21H23N5O4. The van der Waals surface area contributed by atoms with Crippen molar-refractivity contribution in [2.75, 3.05) is 25.6 Å². The lowest BCUT2D eigenvalue weighted by molar-refractivity contribution is 0.102. The summed E-state index contributed by atoms with van der Waals surface area (Å²) in [7, 11) is 1.52. The van der Waals surface area contributed by atoms with Gasteiger partial charge in [-0.2, -0.15) is 9.78 Å². The Morgan fingerprint density at radius 1 is 1.13 bits per heavy atom. The summed E-state index contributed by atoms with van der Waals surface area (Å²) in [5, 5.41) is 7.52. The standard InChI is InChI=1S/C21H23N5O4/c1-21(2,3)16-12-17(26(25-16)20-22-6-5-7-23-20)24-19(27)13-10-14(28-4)18-15(11-13)29-8-9-30-18/h5-7,10-12H,8-9H2,1-4H3,(H,24,27). The van der Waals surface area contributed by atoms with E-state index in [0.717, 1.165) is 5.69 Å². The SMILES string of the molecule is COc1cc(C(=O)Nc2cc(C(C)(C)C)nn2-c2ncccn2)cc2c1OCCO2. The molecule has 1 aromatic carbocycles. The fraction of sp³-hybridized carbons (Fsp3) is 0.333. The number of carbonyl (C=O) groups excluding carboxylic acids is 1. The monoisotopic (exact) mass is 409 g/mol. The Kier molecular flexibility index (Phi) is 5.03. The maximum absolute atomic E-state index is 13.1. The first kappa shape index (κ1) is 19.7. The summed E-state index contributed by atoms with van der Waals surface area (Å²) in [4.78, 5) is 21.6. The molecule has 9 heteroatoms. The number of carbonyl (C=O) groups is 1. The summed E-state index contributed by atoms with van der Waals surface area (Å²) in [6.07, 6.45) is 3.25. The van der Waals surface area contributed by atoms with Crippen molar-refractivity contribution in [1.29, 1.82) is 0 Å². The Labute approximate surface area is 174 Å². The molecule has 0 saturated heterocycles. The number of rotatable bonds is 4. The van der Waals surface area contributed by atoms with E-state index < -0.39 is 0 Å². The van der Waals surface area contributed by atoms with E-state index in [9.17, 15) is 4.79 Å². The molecule has 0 radical (unpaired) electrons. The van der Waals surface area contributed by atoms with Crippen LogP contribution >= 0.6 is 0 Å². The van der Waals surface area contributed by atoms with Crippen molar-refractivity contribution >= 4 is 11.7 Å². The van der Waals surface area contributed by atoms with E-state index in [4.69, 9.17) is 14.2 Å². The van der Waals surface area contributed by atoms with Gasteiger partial charge in [0.1, 0.15) is 19.0 Å². The number of benzene rings is 1. The molecule has 0 unspecified atom stereocenters. The molecule has 2 aromatic heterocycles. The molecule has 3 heterocycles. The van der Waals surface area contributed by atoms with E-state index in [2.05, 4.69) is 20.4 Å². The maximum atomic E-state index is 13.1. The van der Waals surface area contributed by atoms with Gasteiger partial charge in [0.2, 0.25) is 5.75 Å². The number of aromatic nitrogens is 4. The van der Waals surface area contributed by atoms with Crippen molar-refractivity contribution < 1.29 is 19.0 Å². The number of ether oxygens (including phenoxy) is 3. The number of hydrogen-bond donors (Lipinski definition) is 1. The smallest absolute Gasteiger partial charge is 0.257 e. The van der Waals surface area contributed by atoms with Gasteiger partial charge in [-0.3, -0.25) is 4.79 Å². The average molecular weight is 409 g/mol. The van der Waals surface area contributed by atoms with Crippen molar-refractivity contribution in [3.05, 3.63) is 47.9 Å². The summed E-state index contributed by atoms with van der Waals surface area (Å²) in [6.45, 7) is 6.98. The normalized spacial score (nSPS) is 13.1. The van der Waals surface area contributed by atoms with Gasteiger partial charge in [-0.05, 0) is 18.2 Å². The second-order valence-electron chi connectivity index (χ2n) is 7.78. The molecule has 0 fully saturated rings. The van der Waals surface area contributed by atoms with Crippen molar-refractivity contribution in [3.63, 3.8) is 0 Å². The highest BCUT2D eigenvalue weighted by Gasteiger charge is 2.24. The maximum Gasteiger partial charge on any atom is 0.257 e. The van der Waals surface area contributed by atoms with Crippen LogP contribution in [0.1, 0.15) is 36.8 Å². The first-order valence-electron chi connectivity index (χ1n) is 9.54. The lowest BCUT2D eigenvalue weighted by atomic mass is 9.92. The third-order valence-electron chi connectivity index (χ3n) is 4.55. The molecule has 1 aliphatic rings. The van der Waals surface area contributed by atoms with Crippen LogP contribution in [0.4, 0.5) is 5.82 Å². The number of fused-ring (bicyclic) bond motifs is 1. The zero-order valence-corrected chi connectivity index (χ0v) is 17.3. The predicted octanol–water partition coefficient (Wildman–Crippen LogP) is 2.99. The molecule has 4 rings (SSSR count). The Hall–Kier alpha value is -3.62. The molecule has 0 bridgehead atoms. The van der Waals surface area contributed by atoms with Gasteiger partial charge in [-0.25, -0.2) is 9.97 Å². The van der Waals surface area contributed by atoms with Gasteiger partial charge < -0.3 is 19.5 Å². The quantitative estimate of drug-likeness (QED) is 0.707. The molecule has 0 saturated carbocycles. The zero-order valence-electron chi connectivity index (χ0n) is 17.3. The minimum atomic E-state index is -0.345. The van der Waals surface area contributed by atoms with Gasteiger partial charge in [-0.1, -0.05) is 20.8 Å². The highest BCUT2D eigenvalue weighted by Crippen LogP contribution is 2.40. The summed E-state index contributed by atoms with van der Waals surface area (Å²) in [6, 6.07) is 6.80. The topological polar surface area (TPSA) is 100 Å². The molecule has 1 aliphatic heterocycles. The fourth-order valence-corrected chi connectivity index (χ4v) is 2.98. The summed E-state index contributed by atoms with van der Waals surface area (Å²) in [5.74, 6) is 1.89. The predicted molar refractivity (Wildman–Crippen MR) is 110 cm³/mol. The van der Waals surface area contributed by atoms with Crippen LogP contribution in [-0.2, 0) is 5.41 Å². The van der Waals surface area contributed by atoms with Crippen LogP contribution < -0.4 is 19.5 Å². The van der Waals surface area contributed by atoms with Crippen molar-refractivity contribution in [2.24, 2.45) is 0 Å². The van der Waals surface area contributed by atoms with Gasteiger partial charge in [-0.15, -0.1) is 0 Å². The van der Waals surface area contributed by atoms with Crippen LogP contribution in [0.15, 0.2) is 36.7 Å². The third-order valence-corrected chi connectivity index (χ3v) is 4.55. The number of nitrogens with one attached hydrogen (secondary N) is 1. The molecule has 3 aromatic rings. The zero-order chi connectivity index (χ0) is 21.3. The number of anilines is 1. The fourth-order valence-electron chi connectivity index (χ4n) is 2.98. The van der Waals surface area contributed by atoms with Gasteiger partial charge >= 0.3 is 0 Å². The van der Waals surface area contributed by atoms with Gasteiger partial charge in [0, 0.05) is 29.4 Å². The molecule has 156 valence electrons. The third kappa shape index (κ3) is 3.78. The van der Waals surface area contributed by atoms with E-state index in [1.807, 2.05) is 26.8 Å². The van der Waals surface area contributed by atoms with E-state index in [1.165, 1.54) is 11.8 Å². The van der Waals surface area contributed by atoms with Crippen molar-refractivity contribution in [3.8, 4) is 23.2 Å². The summed E-state index contributed by atoms with van der Waals surface area (Å²) in [5.41, 5.74) is 0.944. The van der Waals surface area contributed by atoms with Crippen LogP contribution in [0.25, 0.3) is 5.95 Å². The minimum Gasteiger partial charge on any atom is -0.493 e. The molecule has 9 nitrogen and oxygen atoms in total. The molecule has 1 N–H and O–H groups in total. The highest BCUT2D eigenvalue weighted by molar-refractivity contribution is 6.04. The Morgan fingerprint density at radius 2 is 1.87 bits per heavy atom. The van der Waals surface area contributed by atoms with Gasteiger partial charge in [0.15, 0.2) is 11.5 Å². The van der Waals surface area contributed by atoms with Crippen LogP contribution in [0.5, 0.6) is 17.2 Å². The lowest BCUT2D eigenvalue weighted by Gasteiger charge is -2.21. The lowest BCUT2D eigenvalue weighted by Crippen LogP contribution is -2.19. The van der Waals surface area contributed by atoms with E-state index in [0.29, 0.717) is 47.8 Å². The number of nitrogens with zero attached hydrogens (tertiary/aromatic N) is 4. The molecule has 0 aliphatic carbocycles. The molecule has 0 atom stereocenters. The second-order valence-corrected chi connectivity index (χ2v) is 7.78. The van der Waals surface area contributed by atoms with E-state index in [1.54, 1.807) is 30.6 Å². The molecule has 30 heavy (non-hydrogen) atoms. The second kappa shape index (κ2) is 7.66. The number of amides is 1. The highest BCUT2D eigenvalue weighted by atomic mass is 16.6. The van der Waals surface area contributed by atoms with Crippen LogP contribution in [-0.4, -0.2) is 46.0 Å². The van der Waals surface area contributed by atoms with Crippen LogP contribution in [0, 0.1) is 0 Å². The largest absolute Gasteiger partial charge is 0.493 e. The minimum absolute atomic E-state index is 0.222. The Balaban J connectivity index is 1.70. The van der Waals surface area contributed by atoms with Crippen LogP contribution in [0.2, 0.25) is 0 Å². The summed E-state index contributed by atoms with van der Waals surface area (Å²) < 4.78 is 18.1. The first-order chi connectivity index (χ1) is 14.4. The van der Waals surface area contributed by atoms with Crippen molar-refractivity contribution in [1.82, 2.24) is 19.7 Å². The van der Waals surface area contributed by atoms with Crippen LogP contribution in [0.3, 0.4) is 0 Å². The number of methoxy groups -OCH3 is 1. The van der Waals surface area contributed by atoms with Crippen molar-refractivity contribution in [2.45, 2.75) is 26.2 Å². The summed E-state index contributed by atoms with van der Waals surface area (Å²) >= 11 is 0. The average Bonchev–Trinajstić information content (AvgIpc) is 3.17. The molecule has 1 amide bonds. The molecular weight excluding hydrogens is 386 g/mol. The molecule has 0 spiro atoms. The van der Waals surface area contributed by atoms with Gasteiger partial charge in [0.25, 0.3) is 11.9 Å². The first-order valence-corrected chi connectivity index (χ1v) is 9.54. The Morgan fingerprint density at radius 3 is 2.57 bits per heavy atom. The van der Waals surface area contributed by atoms with E-state index in [-0.39, 0.29) is 11.3 Å². The number of hydrogen-bond acceptors (Lipinski definition) is 7. The van der Waals surface area contributed by atoms with Gasteiger partial charge in [0.05, 0.1) is 12.8 Å². The Bertz CT molecular complexity index is 1060.